The summed E-state index contributed by atoms with van der Waals surface area (Å²) in [4.78, 5) is 12.7. The van der Waals surface area contributed by atoms with Gasteiger partial charge in [-0.3, -0.25) is 4.79 Å². The highest BCUT2D eigenvalue weighted by molar-refractivity contribution is 7.99. The molecule has 0 fully saturated rings. The minimum atomic E-state index is -0.225. The number of carbonyl (C=O) groups excluding carboxylic acids is 1. The highest BCUT2D eigenvalue weighted by atomic mass is 35.5. The molecule has 0 atom stereocenters. The minimum absolute atomic E-state index is 0.118. The number of aromatic nitrogens is 2. The first kappa shape index (κ1) is 17.6. The molecular formula is C14H8Cl3N3O2S2. The molecule has 0 aliphatic rings. The molecule has 0 unspecified atom stereocenters. The zero-order chi connectivity index (χ0) is 17.1. The summed E-state index contributed by atoms with van der Waals surface area (Å²) >= 11 is 20.1. The number of thiophene rings is 1. The number of carbonyl (C=O) groups is 1. The number of hydrogen-bond donors (Lipinski definition) is 1. The molecule has 1 N–H and O–H groups in total. The number of amides is 1. The van der Waals surface area contributed by atoms with E-state index in [1.54, 1.807) is 30.3 Å². The lowest BCUT2D eigenvalue weighted by molar-refractivity contribution is -0.113. The zero-order valence-electron chi connectivity index (χ0n) is 11.8. The first-order valence-corrected chi connectivity index (χ1v) is 9.42. The van der Waals surface area contributed by atoms with Gasteiger partial charge in [0, 0.05) is 5.69 Å². The van der Waals surface area contributed by atoms with Crippen molar-refractivity contribution in [2.75, 3.05) is 11.1 Å². The molecule has 3 rings (SSSR count). The third-order valence-corrected chi connectivity index (χ3v) is 5.50. The van der Waals surface area contributed by atoms with Gasteiger partial charge < -0.3 is 9.73 Å². The summed E-state index contributed by atoms with van der Waals surface area (Å²) < 4.78 is 6.13. The lowest BCUT2D eigenvalue weighted by Crippen LogP contribution is -2.13. The summed E-state index contributed by atoms with van der Waals surface area (Å²) in [5, 5.41) is 11.7. The number of benzene rings is 1. The summed E-state index contributed by atoms with van der Waals surface area (Å²) in [6.07, 6.45) is 0. The second kappa shape index (κ2) is 7.76. The molecular weight excluding hydrogens is 413 g/mol. The fourth-order valence-electron chi connectivity index (χ4n) is 1.70. The monoisotopic (exact) mass is 419 g/mol. The maximum Gasteiger partial charge on any atom is 0.277 e. The van der Waals surface area contributed by atoms with E-state index < -0.39 is 0 Å². The van der Waals surface area contributed by atoms with Crippen molar-refractivity contribution >= 4 is 69.5 Å². The number of anilines is 1. The Morgan fingerprint density at radius 1 is 1.17 bits per heavy atom. The SMILES string of the molecule is O=C(CSc1nnc(-c2ccc(Cl)s2)o1)Nc1ccc(Cl)c(Cl)c1. The van der Waals surface area contributed by atoms with Crippen LogP contribution in [0.5, 0.6) is 0 Å². The predicted molar refractivity (Wildman–Crippen MR) is 98.4 cm³/mol. The number of thioether (sulfide) groups is 1. The summed E-state index contributed by atoms with van der Waals surface area (Å²) in [6.45, 7) is 0. The molecule has 5 nitrogen and oxygen atoms in total. The Hall–Kier alpha value is -1.25. The molecule has 2 aromatic heterocycles. The number of rotatable bonds is 5. The van der Waals surface area contributed by atoms with Crippen LogP contribution in [0.15, 0.2) is 40.0 Å². The Morgan fingerprint density at radius 2 is 2.00 bits per heavy atom. The fourth-order valence-corrected chi connectivity index (χ4v) is 3.52. The van der Waals surface area contributed by atoms with E-state index >= 15 is 0 Å². The Labute approximate surface area is 160 Å². The Balaban J connectivity index is 1.56. The Kier molecular flexibility index (Phi) is 5.68. The standard InChI is InChI=1S/C14H8Cl3N3O2S2/c15-8-2-1-7(5-9(8)16)18-12(21)6-23-14-20-19-13(22-14)10-3-4-11(17)24-10/h1-5H,6H2,(H,18,21). The van der Waals surface area contributed by atoms with E-state index in [0.717, 1.165) is 16.6 Å². The molecule has 1 amide bonds. The Morgan fingerprint density at radius 3 is 2.71 bits per heavy atom. The van der Waals surface area contributed by atoms with Gasteiger partial charge >= 0.3 is 0 Å². The first-order chi connectivity index (χ1) is 11.5. The molecule has 0 aliphatic heterocycles. The maximum absolute atomic E-state index is 11.9. The molecule has 10 heteroatoms. The van der Waals surface area contributed by atoms with E-state index in [2.05, 4.69) is 15.5 Å². The molecule has 0 radical (unpaired) electrons. The van der Waals surface area contributed by atoms with Gasteiger partial charge in [0.1, 0.15) is 0 Å². The van der Waals surface area contributed by atoms with Crippen molar-refractivity contribution in [2.45, 2.75) is 5.22 Å². The fraction of sp³-hybridized carbons (Fsp3) is 0.0714. The smallest absolute Gasteiger partial charge is 0.277 e. The minimum Gasteiger partial charge on any atom is -0.410 e. The number of hydrogen-bond acceptors (Lipinski definition) is 6. The zero-order valence-corrected chi connectivity index (χ0v) is 15.7. The molecule has 0 saturated carbocycles. The van der Waals surface area contributed by atoms with E-state index in [0.29, 0.717) is 31.2 Å². The molecule has 2 heterocycles. The lowest BCUT2D eigenvalue weighted by atomic mass is 10.3. The van der Waals surface area contributed by atoms with Crippen LogP contribution in [-0.2, 0) is 4.79 Å². The predicted octanol–water partition coefficient (Wildman–Crippen LogP) is 5.49. The van der Waals surface area contributed by atoms with Crippen LogP contribution in [-0.4, -0.2) is 21.9 Å². The van der Waals surface area contributed by atoms with Crippen LogP contribution in [0.25, 0.3) is 10.8 Å². The number of nitrogens with one attached hydrogen (secondary N) is 1. The number of nitrogens with zero attached hydrogens (tertiary/aromatic N) is 2. The van der Waals surface area contributed by atoms with Crippen LogP contribution in [0.3, 0.4) is 0 Å². The average Bonchev–Trinajstić information content (AvgIpc) is 3.18. The van der Waals surface area contributed by atoms with Crippen LogP contribution in [0.1, 0.15) is 0 Å². The van der Waals surface area contributed by atoms with Crippen LogP contribution < -0.4 is 5.32 Å². The maximum atomic E-state index is 11.9. The molecule has 24 heavy (non-hydrogen) atoms. The van der Waals surface area contributed by atoms with Gasteiger partial charge in [0.2, 0.25) is 5.91 Å². The van der Waals surface area contributed by atoms with Crippen molar-refractivity contribution in [2.24, 2.45) is 0 Å². The van der Waals surface area contributed by atoms with Gasteiger partial charge in [-0.1, -0.05) is 46.6 Å². The van der Waals surface area contributed by atoms with Crippen molar-refractivity contribution in [1.82, 2.24) is 10.2 Å². The van der Waals surface area contributed by atoms with Crippen molar-refractivity contribution in [1.29, 1.82) is 0 Å². The third kappa shape index (κ3) is 4.43. The van der Waals surface area contributed by atoms with Gasteiger partial charge in [-0.25, -0.2) is 0 Å². The normalized spacial score (nSPS) is 10.8. The highest BCUT2D eigenvalue weighted by Crippen LogP contribution is 2.31. The molecule has 3 aromatic rings. The average molecular weight is 421 g/mol. The highest BCUT2D eigenvalue weighted by Gasteiger charge is 2.13. The van der Waals surface area contributed by atoms with Crippen LogP contribution >= 0.6 is 57.9 Å². The van der Waals surface area contributed by atoms with Gasteiger partial charge in [-0.2, -0.15) is 0 Å². The van der Waals surface area contributed by atoms with Gasteiger partial charge in [-0.15, -0.1) is 21.5 Å². The third-order valence-electron chi connectivity index (χ3n) is 2.72. The number of halogens is 3. The van der Waals surface area contributed by atoms with Crippen molar-refractivity contribution in [3.8, 4) is 10.8 Å². The van der Waals surface area contributed by atoms with E-state index in [1.807, 2.05) is 0 Å². The van der Waals surface area contributed by atoms with E-state index in [4.69, 9.17) is 39.2 Å². The summed E-state index contributed by atoms with van der Waals surface area (Å²) in [5.74, 6) is 0.268. The molecule has 0 bridgehead atoms. The topological polar surface area (TPSA) is 68.0 Å². The van der Waals surface area contributed by atoms with Crippen molar-refractivity contribution in [3.05, 3.63) is 44.7 Å². The lowest BCUT2D eigenvalue weighted by Gasteiger charge is -2.05. The second-order valence-electron chi connectivity index (χ2n) is 4.44. The van der Waals surface area contributed by atoms with Gasteiger partial charge in [0.05, 0.1) is 25.0 Å². The van der Waals surface area contributed by atoms with Gasteiger partial charge in [0.25, 0.3) is 11.1 Å². The molecule has 1 aromatic carbocycles. The van der Waals surface area contributed by atoms with E-state index in [1.165, 1.54) is 11.3 Å². The molecule has 0 spiro atoms. The van der Waals surface area contributed by atoms with Gasteiger partial charge in [0.15, 0.2) is 0 Å². The van der Waals surface area contributed by atoms with Crippen LogP contribution in [0.2, 0.25) is 14.4 Å². The second-order valence-corrected chi connectivity index (χ2v) is 7.90. The molecule has 124 valence electrons. The summed E-state index contributed by atoms with van der Waals surface area (Å²) in [7, 11) is 0. The van der Waals surface area contributed by atoms with Gasteiger partial charge in [-0.05, 0) is 30.3 Å². The van der Waals surface area contributed by atoms with E-state index in [-0.39, 0.29) is 11.7 Å². The summed E-state index contributed by atoms with van der Waals surface area (Å²) in [6, 6.07) is 8.41. The first-order valence-electron chi connectivity index (χ1n) is 6.48. The van der Waals surface area contributed by atoms with E-state index in [9.17, 15) is 4.79 Å². The Bertz CT molecular complexity index is 882. The van der Waals surface area contributed by atoms with Crippen LogP contribution in [0.4, 0.5) is 5.69 Å². The quantitative estimate of drug-likeness (QED) is 0.553. The largest absolute Gasteiger partial charge is 0.410 e. The van der Waals surface area contributed by atoms with Crippen molar-refractivity contribution in [3.63, 3.8) is 0 Å². The van der Waals surface area contributed by atoms with Crippen molar-refractivity contribution < 1.29 is 9.21 Å². The molecule has 0 saturated heterocycles. The summed E-state index contributed by atoms with van der Waals surface area (Å²) in [5.41, 5.74) is 0.564. The molecule has 0 aliphatic carbocycles. The van der Waals surface area contributed by atoms with Crippen LogP contribution in [0, 0.1) is 0 Å².